The second-order valence-corrected chi connectivity index (χ2v) is 15.8. The number of hydrogen-bond donors (Lipinski definition) is 2. The van der Waals surface area contributed by atoms with Gasteiger partial charge in [0.2, 0.25) is 5.79 Å². The number of nitro benzene ring substituents is 1. The molecule has 1 aliphatic heterocycles. The van der Waals surface area contributed by atoms with Crippen molar-refractivity contribution in [2.45, 2.75) is 76.2 Å². The number of carbonyl (C=O) groups excluding carboxylic acids is 1. The van der Waals surface area contributed by atoms with Crippen LogP contribution >= 0.6 is 0 Å². The first-order valence-corrected chi connectivity index (χ1v) is 21.2. The highest BCUT2D eigenvalue weighted by atomic mass is 16.7. The Morgan fingerprint density at radius 3 is 2.51 bits per heavy atom. The maximum absolute atomic E-state index is 14.4. The van der Waals surface area contributed by atoms with Gasteiger partial charge in [-0.3, -0.25) is 15.0 Å². The third kappa shape index (κ3) is 9.00. The number of oxime groups is 1. The fourth-order valence-electron chi connectivity index (χ4n) is 9.68. The molecule has 322 valence electrons. The molecular weight excluding hydrogens is 779 g/mol. The Morgan fingerprint density at radius 2 is 1.75 bits per heavy atom. The Kier molecular flexibility index (Phi) is 14.0. The van der Waals surface area contributed by atoms with E-state index in [1.54, 1.807) is 29.2 Å². The fourth-order valence-corrected chi connectivity index (χ4v) is 9.68. The Labute approximate surface area is 356 Å². The molecule has 1 heterocycles. The van der Waals surface area contributed by atoms with Gasteiger partial charge in [0.25, 0.3) is 5.69 Å². The number of non-ortho nitro benzene ring substituents is 1. The molecule has 0 unspecified atom stereocenters. The number of hydrogen-bond acceptors (Lipinski definition) is 11. The minimum absolute atomic E-state index is 0.0156. The van der Waals surface area contributed by atoms with Gasteiger partial charge in [0.1, 0.15) is 29.9 Å². The third-order valence-electron chi connectivity index (χ3n) is 12.2. The highest BCUT2D eigenvalue weighted by Crippen LogP contribution is 2.62. The number of methoxy groups -OCH3 is 1. The van der Waals surface area contributed by atoms with Crippen molar-refractivity contribution in [3.63, 3.8) is 0 Å². The van der Waals surface area contributed by atoms with Gasteiger partial charge >= 0.3 is 6.09 Å². The molecule has 4 aromatic carbocycles. The molecule has 1 fully saturated rings. The van der Waals surface area contributed by atoms with E-state index in [0.29, 0.717) is 42.4 Å². The van der Waals surface area contributed by atoms with Crippen molar-refractivity contribution in [3.05, 3.63) is 130 Å². The number of unbranched alkanes of at least 4 members (excludes halogenated alkanes) is 2. The Bertz CT molecular complexity index is 2250. The minimum Gasteiger partial charge on any atom is -0.459 e. The average Bonchev–Trinajstić information content (AvgIpc) is 3.28. The van der Waals surface area contributed by atoms with Crippen molar-refractivity contribution in [3.8, 4) is 17.2 Å². The molecule has 4 aromatic rings. The SMILES string of the molecule is C=CCO[C@@]12Oc3ccc(Oc4cccc([N+](=O)[O-])c4)cc3[C@H]3[C@H](CCCCO)[C@@H](CCCCO)C=C(C(=NOCC)C[C@@H]1N(Cc1cccc4ccccc14)C(=O)OC)[C@H]32. The summed E-state index contributed by atoms with van der Waals surface area (Å²) < 4.78 is 26.3. The van der Waals surface area contributed by atoms with Crippen molar-refractivity contribution in [2.75, 3.05) is 33.5 Å². The van der Waals surface area contributed by atoms with Crippen LogP contribution in [0.25, 0.3) is 10.8 Å². The number of aliphatic hydroxyl groups excluding tert-OH is 2. The lowest BCUT2D eigenvalue weighted by Crippen LogP contribution is -2.70. The molecule has 7 rings (SSSR count). The quantitative estimate of drug-likeness (QED) is 0.0403. The number of aliphatic hydroxyl groups is 2. The molecule has 13 nitrogen and oxygen atoms in total. The molecule has 0 radical (unpaired) electrons. The number of allylic oxidation sites excluding steroid dienone is 1. The van der Waals surface area contributed by atoms with Crippen LogP contribution in [0.2, 0.25) is 0 Å². The lowest BCUT2D eigenvalue weighted by atomic mass is 9.55. The van der Waals surface area contributed by atoms with Crippen molar-refractivity contribution in [1.82, 2.24) is 4.90 Å². The zero-order valence-corrected chi connectivity index (χ0v) is 34.8. The topological polar surface area (TPSA) is 162 Å². The third-order valence-corrected chi connectivity index (χ3v) is 12.2. The van der Waals surface area contributed by atoms with Crippen molar-refractivity contribution >= 4 is 28.3 Å². The molecule has 0 saturated heterocycles. The maximum Gasteiger partial charge on any atom is 0.410 e. The second-order valence-electron chi connectivity index (χ2n) is 15.8. The van der Waals surface area contributed by atoms with Gasteiger partial charge in [0.15, 0.2) is 0 Å². The monoisotopic (exact) mass is 833 g/mol. The lowest BCUT2D eigenvalue weighted by Gasteiger charge is -2.59. The number of nitro groups is 1. The van der Waals surface area contributed by atoms with Crippen LogP contribution in [0.1, 0.15) is 68.9 Å². The van der Waals surface area contributed by atoms with E-state index < -0.39 is 28.8 Å². The van der Waals surface area contributed by atoms with E-state index in [2.05, 4.69) is 12.7 Å². The largest absolute Gasteiger partial charge is 0.459 e. The molecular formula is C48H55N3O10. The predicted molar refractivity (Wildman–Crippen MR) is 232 cm³/mol. The Morgan fingerprint density at radius 1 is 1.00 bits per heavy atom. The summed E-state index contributed by atoms with van der Waals surface area (Å²) in [5.74, 6) is -0.997. The van der Waals surface area contributed by atoms with Crippen LogP contribution in [0, 0.1) is 27.9 Å². The van der Waals surface area contributed by atoms with E-state index in [1.807, 2.05) is 61.5 Å². The normalized spacial score (nSPS) is 23.2. The van der Waals surface area contributed by atoms with Crippen LogP contribution in [0.3, 0.4) is 0 Å². The van der Waals surface area contributed by atoms with E-state index in [1.165, 1.54) is 19.2 Å². The fraction of sp³-hybridized carbons (Fsp3) is 0.417. The standard InChI is InChI=1S/C48H55N3O10/c1-4-26-58-48-44(50(47(54)57-3)31-34-17-12-16-32-14-6-7-20-38(32)34)30-42(49-59-5-2)40-27-33(15-8-10-24-52)39(21-9-11-25-53)45(46(40)48)41-29-37(22-23-43(41)61-48)60-36-19-13-18-35(28-36)51(55)56/h4,6-7,12-14,16-20,22-23,27-29,33,39,44-46,52-53H,1,5,8-11,15,21,24-26,30-31H2,2-3H3/t33-,39+,44-,45+,46+,48+/m0/s1. The van der Waals surface area contributed by atoms with Gasteiger partial charge in [-0.05, 0) is 90.6 Å². The van der Waals surface area contributed by atoms with Crippen LogP contribution in [0.15, 0.2) is 114 Å². The van der Waals surface area contributed by atoms with Gasteiger partial charge in [-0.1, -0.05) is 78.7 Å². The molecule has 0 bridgehead atoms. The zero-order valence-electron chi connectivity index (χ0n) is 34.8. The van der Waals surface area contributed by atoms with Gasteiger partial charge < -0.3 is 34.0 Å². The summed E-state index contributed by atoms with van der Waals surface area (Å²) >= 11 is 0. The van der Waals surface area contributed by atoms with Crippen LogP contribution in [0.4, 0.5) is 10.5 Å². The van der Waals surface area contributed by atoms with Gasteiger partial charge in [0.05, 0.1) is 42.9 Å². The summed E-state index contributed by atoms with van der Waals surface area (Å²) in [7, 11) is 1.37. The molecule has 0 aromatic heterocycles. The number of ether oxygens (including phenoxy) is 4. The van der Waals surface area contributed by atoms with Gasteiger partial charge in [-0.2, -0.15) is 0 Å². The average molecular weight is 834 g/mol. The summed E-state index contributed by atoms with van der Waals surface area (Å²) in [5.41, 5.74) is 3.25. The first-order valence-electron chi connectivity index (χ1n) is 21.2. The van der Waals surface area contributed by atoms with E-state index in [-0.39, 0.29) is 56.2 Å². The smallest absolute Gasteiger partial charge is 0.410 e. The number of carbonyl (C=O) groups is 1. The van der Waals surface area contributed by atoms with Crippen LogP contribution in [-0.2, 0) is 20.9 Å². The van der Waals surface area contributed by atoms with Crippen LogP contribution < -0.4 is 9.47 Å². The number of benzene rings is 4. The summed E-state index contributed by atoms with van der Waals surface area (Å²) in [6.45, 7) is 6.63. The Hall–Kier alpha value is -5.76. The van der Waals surface area contributed by atoms with Crippen molar-refractivity contribution < 1.29 is 43.7 Å². The molecule has 3 aliphatic rings. The molecule has 2 aliphatic carbocycles. The Balaban J connectivity index is 1.45. The maximum atomic E-state index is 14.4. The summed E-state index contributed by atoms with van der Waals surface area (Å²) in [4.78, 5) is 33.1. The van der Waals surface area contributed by atoms with E-state index in [9.17, 15) is 25.1 Å². The number of amides is 1. The molecule has 0 spiro atoms. The molecule has 2 N–H and O–H groups in total. The zero-order chi connectivity index (χ0) is 42.9. The highest BCUT2D eigenvalue weighted by molar-refractivity contribution is 6.03. The second kappa shape index (κ2) is 19.7. The highest BCUT2D eigenvalue weighted by Gasteiger charge is 2.65. The summed E-state index contributed by atoms with van der Waals surface area (Å²) in [5, 5.41) is 38.3. The first-order chi connectivity index (χ1) is 29.8. The lowest BCUT2D eigenvalue weighted by molar-refractivity contribution is -0.384. The van der Waals surface area contributed by atoms with Crippen LogP contribution in [0.5, 0.6) is 17.2 Å². The minimum atomic E-state index is -1.49. The van der Waals surface area contributed by atoms with Gasteiger partial charge in [0, 0.05) is 37.2 Å². The van der Waals surface area contributed by atoms with Gasteiger partial charge in [-0.25, -0.2) is 4.79 Å². The summed E-state index contributed by atoms with van der Waals surface area (Å²) in [6.07, 6.45) is 7.96. The van der Waals surface area contributed by atoms with Crippen LogP contribution in [-0.4, -0.2) is 77.2 Å². The first kappa shape index (κ1) is 43.3. The predicted octanol–water partition coefficient (Wildman–Crippen LogP) is 9.46. The van der Waals surface area contributed by atoms with Gasteiger partial charge in [-0.15, -0.1) is 6.58 Å². The number of rotatable bonds is 19. The van der Waals surface area contributed by atoms with Crippen molar-refractivity contribution in [1.29, 1.82) is 0 Å². The molecule has 13 heteroatoms. The number of nitrogens with zero attached hydrogens (tertiary/aromatic N) is 3. The van der Waals surface area contributed by atoms with E-state index in [4.69, 9.17) is 28.9 Å². The molecule has 6 atom stereocenters. The van der Waals surface area contributed by atoms with Crippen molar-refractivity contribution in [2.24, 2.45) is 22.9 Å². The van der Waals surface area contributed by atoms with E-state index in [0.717, 1.165) is 53.2 Å². The summed E-state index contributed by atoms with van der Waals surface area (Å²) in [6, 6.07) is 24.9. The molecule has 1 amide bonds. The molecule has 61 heavy (non-hydrogen) atoms. The number of fused-ring (bicyclic) bond motifs is 3. The van der Waals surface area contributed by atoms with E-state index >= 15 is 0 Å². The molecule has 1 saturated carbocycles.